The van der Waals surface area contributed by atoms with Crippen LogP contribution in [0.3, 0.4) is 0 Å². The number of carbonyl (C=O) groups excluding carboxylic acids is 1. The van der Waals surface area contributed by atoms with Crippen molar-refractivity contribution in [2.75, 3.05) is 27.3 Å². The van der Waals surface area contributed by atoms with E-state index in [1.54, 1.807) is 14.2 Å². The third kappa shape index (κ3) is 3.50. The molecule has 146 valence electrons. The summed E-state index contributed by atoms with van der Waals surface area (Å²) in [6, 6.07) is 14.1. The largest absolute Gasteiger partial charge is 0.493 e. The zero-order chi connectivity index (χ0) is 19.5. The summed E-state index contributed by atoms with van der Waals surface area (Å²) in [6.45, 7) is 1.94. The molecule has 2 amide bonds. The lowest BCUT2D eigenvalue weighted by Crippen LogP contribution is -2.43. The predicted octanol–water partition coefficient (Wildman–Crippen LogP) is 3.50. The van der Waals surface area contributed by atoms with E-state index in [2.05, 4.69) is 22.4 Å². The maximum atomic E-state index is 12.6. The molecule has 0 bridgehead atoms. The van der Waals surface area contributed by atoms with E-state index in [-0.39, 0.29) is 6.03 Å². The van der Waals surface area contributed by atoms with Crippen LogP contribution in [-0.4, -0.2) is 43.2 Å². The maximum Gasteiger partial charge on any atom is 0.317 e. The van der Waals surface area contributed by atoms with Crippen LogP contribution < -0.4 is 14.8 Å². The molecule has 0 fully saturated rings. The molecule has 1 aliphatic rings. The van der Waals surface area contributed by atoms with Crippen LogP contribution in [0, 0.1) is 0 Å². The average Bonchev–Trinajstić information content (AvgIpc) is 3.11. The van der Waals surface area contributed by atoms with Crippen LogP contribution in [-0.2, 0) is 19.4 Å². The number of carbonyl (C=O) groups is 1. The van der Waals surface area contributed by atoms with Gasteiger partial charge in [-0.15, -0.1) is 0 Å². The van der Waals surface area contributed by atoms with Gasteiger partial charge in [-0.3, -0.25) is 0 Å². The summed E-state index contributed by atoms with van der Waals surface area (Å²) in [6.07, 6.45) is 1.59. The molecule has 6 nitrogen and oxygen atoms in total. The monoisotopic (exact) mass is 379 g/mol. The molecule has 4 rings (SSSR count). The summed E-state index contributed by atoms with van der Waals surface area (Å²) in [5.74, 6) is 1.41. The molecule has 3 aromatic rings. The predicted molar refractivity (Wildman–Crippen MR) is 109 cm³/mol. The minimum absolute atomic E-state index is 0.0172. The van der Waals surface area contributed by atoms with Crippen LogP contribution in [0.5, 0.6) is 11.5 Å². The number of urea groups is 1. The molecule has 0 atom stereocenters. The molecule has 0 aliphatic carbocycles. The van der Waals surface area contributed by atoms with E-state index in [4.69, 9.17) is 9.47 Å². The van der Waals surface area contributed by atoms with Crippen LogP contribution in [0.1, 0.15) is 16.8 Å². The number of hydrogen-bond donors (Lipinski definition) is 2. The highest BCUT2D eigenvalue weighted by atomic mass is 16.5. The van der Waals surface area contributed by atoms with Gasteiger partial charge in [0.2, 0.25) is 0 Å². The van der Waals surface area contributed by atoms with E-state index in [0.717, 1.165) is 30.5 Å². The molecule has 0 saturated carbocycles. The highest BCUT2D eigenvalue weighted by molar-refractivity contribution is 5.85. The molecular weight excluding hydrogens is 354 g/mol. The summed E-state index contributed by atoms with van der Waals surface area (Å²) in [5, 5.41) is 4.25. The first-order valence-corrected chi connectivity index (χ1v) is 9.51. The lowest BCUT2D eigenvalue weighted by molar-refractivity contribution is 0.192. The second kappa shape index (κ2) is 7.84. The number of ether oxygens (including phenoxy) is 2. The van der Waals surface area contributed by atoms with Gasteiger partial charge in [-0.1, -0.05) is 24.3 Å². The van der Waals surface area contributed by atoms with Gasteiger partial charge in [0.25, 0.3) is 0 Å². The van der Waals surface area contributed by atoms with Crippen molar-refractivity contribution >= 4 is 16.9 Å². The van der Waals surface area contributed by atoms with Crippen molar-refractivity contribution in [1.29, 1.82) is 0 Å². The summed E-state index contributed by atoms with van der Waals surface area (Å²) in [5.41, 5.74) is 4.71. The third-order valence-corrected chi connectivity index (χ3v) is 5.31. The summed E-state index contributed by atoms with van der Waals surface area (Å²) in [7, 11) is 3.24. The van der Waals surface area contributed by atoms with Gasteiger partial charge in [0.15, 0.2) is 11.5 Å². The minimum Gasteiger partial charge on any atom is -0.493 e. The van der Waals surface area contributed by atoms with Crippen molar-refractivity contribution in [3.63, 3.8) is 0 Å². The molecule has 2 N–H and O–H groups in total. The van der Waals surface area contributed by atoms with E-state index < -0.39 is 0 Å². The molecule has 0 unspecified atom stereocenters. The Morgan fingerprint density at radius 1 is 1.14 bits per heavy atom. The average molecular weight is 379 g/mol. The molecule has 0 spiro atoms. The van der Waals surface area contributed by atoms with Crippen LogP contribution in [0.15, 0.2) is 42.5 Å². The van der Waals surface area contributed by atoms with Crippen molar-refractivity contribution in [3.8, 4) is 11.5 Å². The fourth-order valence-corrected chi connectivity index (χ4v) is 3.80. The molecule has 2 heterocycles. The van der Waals surface area contributed by atoms with Crippen molar-refractivity contribution in [3.05, 3.63) is 59.3 Å². The summed E-state index contributed by atoms with van der Waals surface area (Å²) in [4.78, 5) is 18.0. The molecule has 0 radical (unpaired) electrons. The quantitative estimate of drug-likeness (QED) is 0.713. The minimum atomic E-state index is -0.0172. The Labute approximate surface area is 164 Å². The number of nitrogens with one attached hydrogen (secondary N) is 2. The highest BCUT2D eigenvalue weighted by Crippen LogP contribution is 2.28. The number of H-pyrrole nitrogens is 1. The lowest BCUT2D eigenvalue weighted by Gasteiger charge is -2.27. The number of aromatic amines is 1. The van der Waals surface area contributed by atoms with Gasteiger partial charge < -0.3 is 24.7 Å². The zero-order valence-corrected chi connectivity index (χ0v) is 16.2. The Hall–Kier alpha value is -3.15. The second-order valence-corrected chi connectivity index (χ2v) is 6.97. The van der Waals surface area contributed by atoms with Crippen molar-refractivity contribution in [1.82, 2.24) is 15.2 Å². The molecular formula is C22H25N3O3. The first kappa shape index (κ1) is 18.2. The number of para-hydroxylation sites is 1. The molecule has 6 heteroatoms. The maximum absolute atomic E-state index is 12.6. The Bertz CT molecular complexity index is 996. The standard InChI is InChI=1S/C22H25N3O3/c1-27-20-8-7-15(13-21(20)28-2)9-11-23-22(26)25-12-10-19-17(14-25)16-5-3-4-6-18(16)24-19/h3-8,13,24H,9-12,14H2,1-2H3,(H,23,26). The normalized spacial score (nSPS) is 13.3. The highest BCUT2D eigenvalue weighted by Gasteiger charge is 2.23. The number of hydrogen-bond acceptors (Lipinski definition) is 3. The smallest absolute Gasteiger partial charge is 0.317 e. The number of nitrogens with zero attached hydrogens (tertiary/aromatic N) is 1. The van der Waals surface area contributed by atoms with Crippen molar-refractivity contribution in [2.24, 2.45) is 0 Å². The van der Waals surface area contributed by atoms with E-state index in [1.807, 2.05) is 35.2 Å². The van der Waals surface area contributed by atoms with Crippen LogP contribution >= 0.6 is 0 Å². The van der Waals surface area contributed by atoms with Crippen LogP contribution in [0.2, 0.25) is 0 Å². The molecule has 1 aromatic heterocycles. The second-order valence-electron chi connectivity index (χ2n) is 6.97. The van der Waals surface area contributed by atoms with Gasteiger partial charge in [0.05, 0.1) is 14.2 Å². The zero-order valence-electron chi connectivity index (χ0n) is 16.2. The van der Waals surface area contributed by atoms with Gasteiger partial charge in [0, 0.05) is 48.2 Å². The number of rotatable bonds is 5. The Morgan fingerprint density at radius 3 is 2.79 bits per heavy atom. The Morgan fingerprint density at radius 2 is 1.96 bits per heavy atom. The lowest BCUT2D eigenvalue weighted by atomic mass is 10.0. The number of amides is 2. The van der Waals surface area contributed by atoms with E-state index >= 15 is 0 Å². The molecule has 2 aromatic carbocycles. The Balaban J connectivity index is 1.36. The fraction of sp³-hybridized carbons (Fsp3) is 0.318. The molecule has 0 saturated heterocycles. The van der Waals surface area contributed by atoms with Crippen molar-refractivity contribution in [2.45, 2.75) is 19.4 Å². The van der Waals surface area contributed by atoms with Crippen molar-refractivity contribution < 1.29 is 14.3 Å². The third-order valence-electron chi connectivity index (χ3n) is 5.31. The summed E-state index contributed by atoms with van der Waals surface area (Å²) < 4.78 is 10.6. The van der Waals surface area contributed by atoms with Gasteiger partial charge in [0.1, 0.15) is 0 Å². The fourth-order valence-electron chi connectivity index (χ4n) is 3.80. The topological polar surface area (TPSA) is 66.6 Å². The number of benzene rings is 2. The number of aromatic nitrogens is 1. The van der Waals surface area contributed by atoms with Crippen LogP contribution in [0.4, 0.5) is 4.79 Å². The summed E-state index contributed by atoms with van der Waals surface area (Å²) >= 11 is 0. The van der Waals surface area contributed by atoms with Gasteiger partial charge in [-0.2, -0.15) is 0 Å². The first-order valence-electron chi connectivity index (χ1n) is 9.51. The number of methoxy groups -OCH3 is 2. The van der Waals surface area contributed by atoms with Gasteiger partial charge in [-0.25, -0.2) is 4.79 Å². The Kier molecular flexibility index (Phi) is 5.10. The van der Waals surface area contributed by atoms with Gasteiger partial charge >= 0.3 is 6.03 Å². The van der Waals surface area contributed by atoms with E-state index in [1.165, 1.54) is 16.6 Å². The van der Waals surface area contributed by atoms with E-state index in [0.29, 0.717) is 24.6 Å². The number of fused-ring (bicyclic) bond motifs is 3. The molecule has 28 heavy (non-hydrogen) atoms. The first-order chi connectivity index (χ1) is 13.7. The SMILES string of the molecule is COc1ccc(CCNC(=O)N2CCc3[nH]c4ccccc4c3C2)cc1OC. The molecule has 1 aliphatic heterocycles. The van der Waals surface area contributed by atoms with Crippen LogP contribution in [0.25, 0.3) is 10.9 Å². The van der Waals surface area contributed by atoms with E-state index in [9.17, 15) is 4.79 Å². The van der Waals surface area contributed by atoms with Gasteiger partial charge in [-0.05, 0) is 30.2 Å².